The number of nitrogens with zero attached hydrogens (tertiary/aromatic N) is 1. The average Bonchev–Trinajstić information content (AvgIpc) is 2.50. The summed E-state index contributed by atoms with van der Waals surface area (Å²) in [6, 6.07) is 16.5. The van der Waals surface area contributed by atoms with Crippen molar-refractivity contribution in [2.45, 2.75) is 0 Å². The fourth-order valence-corrected chi connectivity index (χ4v) is 2.06. The van der Waals surface area contributed by atoms with E-state index < -0.39 is 0 Å². The molecule has 20 heavy (non-hydrogen) atoms. The number of halogens is 2. The van der Waals surface area contributed by atoms with E-state index >= 15 is 0 Å². The Morgan fingerprint density at radius 1 is 1.05 bits per heavy atom. The summed E-state index contributed by atoms with van der Waals surface area (Å²) < 4.78 is 0.975. The van der Waals surface area contributed by atoms with E-state index in [1.54, 1.807) is 24.3 Å². The Kier molecular flexibility index (Phi) is 5.32. The summed E-state index contributed by atoms with van der Waals surface area (Å²) in [7, 11) is 0. The highest BCUT2D eigenvalue weighted by Crippen LogP contribution is 2.11. The Bertz CT molecular complexity index is 612. The minimum absolute atomic E-state index is 0.219. The van der Waals surface area contributed by atoms with Gasteiger partial charge < -0.3 is 0 Å². The molecule has 0 aliphatic carbocycles. The molecule has 0 bridgehead atoms. The monoisotopic (exact) mass is 350 g/mol. The molecule has 0 saturated carbocycles. The van der Waals surface area contributed by atoms with E-state index in [1.807, 2.05) is 30.3 Å². The lowest BCUT2D eigenvalue weighted by atomic mass is 10.1. The topological polar surface area (TPSA) is 41.5 Å². The zero-order valence-corrected chi connectivity index (χ0v) is 12.9. The molecule has 0 aromatic heterocycles. The largest absolute Gasteiger partial charge is 0.271 e. The second-order valence-electron chi connectivity index (χ2n) is 4.01. The van der Waals surface area contributed by atoms with Gasteiger partial charge in [-0.2, -0.15) is 5.10 Å². The average molecular weight is 352 g/mol. The highest BCUT2D eigenvalue weighted by molar-refractivity contribution is 9.10. The molecule has 102 valence electrons. The van der Waals surface area contributed by atoms with Crippen LogP contribution in [0.25, 0.3) is 0 Å². The molecule has 2 aromatic carbocycles. The predicted molar refractivity (Wildman–Crippen MR) is 85.3 cm³/mol. The molecule has 0 atom stereocenters. The third kappa shape index (κ3) is 3.92. The molecule has 2 aromatic rings. The van der Waals surface area contributed by atoms with Crippen LogP contribution >= 0.6 is 27.5 Å². The summed E-state index contributed by atoms with van der Waals surface area (Å²) in [6.45, 7) is 0. The molecule has 0 radical (unpaired) electrons. The molecule has 0 saturated heterocycles. The molecule has 0 fully saturated rings. The maximum atomic E-state index is 11.9. The minimum Gasteiger partial charge on any atom is -0.267 e. The van der Waals surface area contributed by atoms with E-state index in [4.69, 9.17) is 11.6 Å². The van der Waals surface area contributed by atoms with E-state index in [2.05, 4.69) is 26.5 Å². The summed E-state index contributed by atoms with van der Waals surface area (Å²) in [6.07, 6.45) is 0. The lowest BCUT2D eigenvalue weighted by Gasteiger charge is -2.05. The number of amides is 1. The van der Waals surface area contributed by atoms with Crippen molar-refractivity contribution < 1.29 is 4.79 Å². The van der Waals surface area contributed by atoms with Crippen molar-refractivity contribution in [1.29, 1.82) is 0 Å². The molecule has 3 nitrogen and oxygen atoms in total. The normalized spacial score (nSPS) is 11.2. The molecule has 5 heteroatoms. The van der Waals surface area contributed by atoms with Gasteiger partial charge in [0.05, 0.1) is 11.6 Å². The maximum absolute atomic E-state index is 11.9. The van der Waals surface area contributed by atoms with Crippen molar-refractivity contribution in [2.75, 3.05) is 5.88 Å². The van der Waals surface area contributed by atoms with Gasteiger partial charge in [0.1, 0.15) is 0 Å². The van der Waals surface area contributed by atoms with Crippen LogP contribution in [0.15, 0.2) is 64.2 Å². The molecule has 0 unspecified atom stereocenters. The maximum Gasteiger partial charge on any atom is 0.271 e. The molecule has 0 spiro atoms. The van der Waals surface area contributed by atoms with Crippen LogP contribution in [-0.2, 0) is 0 Å². The van der Waals surface area contributed by atoms with Crippen LogP contribution in [-0.4, -0.2) is 17.5 Å². The summed E-state index contributed by atoms with van der Waals surface area (Å²) >= 11 is 9.24. The Morgan fingerprint density at radius 2 is 1.70 bits per heavy atom. The van der Waals surface area contributed by atoms with Crippen molar-refractivity contribution >= 4 is 39.1 Å². The third-order valence-electron chi connectivity index (χ3n) is 2.63. The minimum atomic E-state index is -0.259. The third-order valence-corrected chi connectivity index (χ3v) is 3.41. The number of carbonyl (C=O) groups is 1. The van der Waals surface area contributed by atoms with Crippen LogP contribution in [0, 0.1) is 0 Å². The summed E-state index contributed by atoms with van der Waals surface area (Å²) in [5.74, 6) is -0.0400. The Morgan fingerprint density at radius 3 is 2.30 bits per heavy atom. The number of nitrogens with one attached hydrogen (secondary N) is 1. The van der Waals surface area contributed by atoms with Crippen molar-refractivity contribution in [3.8, 4) is 0 Å². The summed E-state index contributed by atoms with van der Waals surface area (Å²) in [5.41, 5.74) is 4.56. The second-order valence-corrected chi connectivity index (χ2v) is 5.19. The quantitative estimate of drug-likeness (QED) is 0.508. The standard InChI is InChI=1S/C15H12BrClN2O/c16-13-8-6-11(7-9-13)14(10-17)18-19-15(20)12-4-2-1-3-5-12/h1-9H,10H2,(H,19,20)/b18-14+. The predicted octanol–water partition coefficient (Wildman–Crippen LogP) is 3.82. The van der Waals surface area contributed by atoms with E-state index in [-0.39, 0.29) is 11.8 Å². The molecule has 0 aliphatic rings. The first-order chi connectivity index (χ1) is 9.70. The van der Waals surface area contributed by atoms with Gasteiger partial charge in [0, 0.05) is 10.0 Å². The molecule has 1 N–H and O–H groups in total. The molecular formula is C15H12BrClN2O. The first-order valence-electron chi connectivity index (χ1n) is 5.94. The van der Waals surface area contributed by atoms with Crippen LogP contribution < -0.4 is 5.43 Å². The fraction of sp³-hybridized carbons (Fsp3) is 0.0667. The van der Waals surface area contributed by atoms with E-state index in [9.17, 15) is 4.79 Å². The number of carbonyl (C=O) groups excluding carboxylic acids is 1. The van der Waals surface area contributed by atoms with Gasteiger partial charge in [-0.25, -0.2) is 5.43 Å². The number of benzene rings is 2. The molecular weight excluding hydrogens is 340 g/mol. The van der Waals surface area contributed by atoms with Crippen LogP contribution in [0.5, 0.6) is 0 Å². The Labute approximate surface area is 130 Å². The molecule has 0 heterocycles. The van der Waals surface area contributed by atoms with Crippen molar-refractivity contribution in [3.63, 3.8) is 0 Å². The van der Waals surface area contributed by atoms with Gasteiger partial charge in [-0.1, -0.05) is 46.3 Å². The van der Waals surface area contributed by atoms with Crippen molar-refractivity contribution in [1.82, 2.24) is 5.43 Å². The van der Waals surface area contributed by atoms with Gasteiger partial charge in [-0.05, 0) is 29.8 Å². The van der Waals surface area contributed by atoms with E-state index in [0.29, 0.717) is 11.3 Å². The zero-order valence-electron chi connectivity index (χ0n) is 10.5. The van der Waals surface area contributed by atoms with Crippen LogP contribution in [0.3, 0.4) is 0 Å². The number of alkyl halides is 1. The Hall–Kier alpha value is -1.65. The van der Waals surface area contributed by atoms with Crippen LogP contribution in [0.2, 0.25) is 0 Å². The van der Waals surface area contributed by atoms with Crippen molar-refractivity contribution in [2.24, 2.45) is 5.10 Å². The fourth-order valence-electron chi connectivity index (χ4n) is 1.59. The van der Waals surface area contributed by atoms with Gasteiger partial charge in [0.2, 0.25) is 0 Å². The summed E-state index contributed by atoms with van der Waals surface area (Å²) in [5, 5.41) is 4.09. The number of hydrogen-bond donors (Lipinski definition) is 1. The molecule has 1 amide bonds. The van der Waals surface area contributed by atoms with E-state index in [1.165, 1.54) is 0 Å². The summed E-state index contributed by atoms with van der Waals surface area (Å²) in [4.78, 5) is 11.9. The van der Waals surface area contributed by atoms with Crippen molar-refractivity contribution in [3.05, 3.63) is 70.2 Å². The number of hydrogen-bond acceptors (Lipinski definition) is 2. The molecule has 2 rings (SSSR count). The lowest BCUT2D eigenvalue weighted by Crippen LogP contribution is -2.20. The highest BCUT2D eigenvalue weighted by atomic mass is 79.9. The SMILES string of the molecule is O=C(N/N=C(\CCl)c1ccc(Br)cc1)c1ccccc1. The van der Waals surface area contributed by atoms with Crippen LogP contribution in [0.1, 0.15) is 15.9 Å². The van der Waals surface area contributed by atoms with Crippen LogP contribution in [0.4, 0.5) is 0 Å². The van der Waals surface area contributed by atoms with Gasteiger partial charge in [0.15, 0.2) is 0 Å². The molecule has 0 aliphatic heterocycles. The number of rotatable bonds is 4. The van der Waals surface area contributed by atoms with E-state index in [0.717, 1.165) is 10.0 Å². The zero-order chi connectivity index (χ0) is 14.4. The Balaban J connectivity index is 2.12. The highest BCUT2D eigenvalue weighted by Gasteiger charge is 2.06. The van der Waals surface area contributed by atoms with Gasteiger partial charge in [-0.3, -0.25) is 4.79 Å². The second kappa shape index (κ2) is 7.22. The number of hydrazone groups is 1. The lowest BCUT2D eigenvalue weighted by molar-refractivity contribution is 0.0955. The van der Waals surface area contributed by atoms with Gasteiger partial charge >= 0.3 is 0 Å². The first kappa shape index (κ1) is 14.8. The van der Waals surface area contributed by atoms with Gasteiger partial charge in [-0.15, -0.1) is 11.6 Å². The smallest absolute Gasteiger partial charge is 0.267 e. The van der Waals surface area contributed by atoms with Gasteiger partial charge in [0.25, 0.3) is 5.91 Å². The first-order valence-corrected chi connectivity index (χ1v) is 7.27.